The molecule has 1 unspecified atom stereocenters. The van der Waals surface area contributed by atoms with Crippen LogP contribution in [0.2, 0.25) is 0 Å². The molecule has 1 aliphatic carbocycles. The Morgan fingerprint density at radius 1 is 1.18 bits per heavy atom. The first-order chi connectivity index (χ1) is 13.6. The monoisotopic (exact) mass is 398 g/mol. The Labute approximate surface area is 170 Å². The average Bonchev–Trinajstić information content (AvgIpc) is 3.36. The lowest BCUT2D eigenvalue weighted by Crippen LogP contribution is -3.14. The molecule has 2 atom stereocenters. The molecule has 1 aliphatic heterocycles. The lowest BCUT2D eigenvalue weighted by atomic mass is 10.0. The largest absolute Gasteiger partial charge is 0.349 e. The molecule has 2 amide bonds. The van der Waals surface area contributed by atoms with Crippen molar-refractivity contribution in [2.24, 2.45) is 0 Å². The highest BCUT2D eigenvalue weighted by Gasteiger charge is 2.30. The maximum Gasteiger partial charge on any atom is 0.279 e. The van der Waals surface area contributed by atoms with Gasteiger partial charge in [-0.1, -0.05) is 25.0 Å². The summed E-state index contributed by atoms with van der Waals surface area (Å²) in [5.41, 5.74) is 2.52. The minimum atomic E-state index is -0.0931. The van der Waals surface area contributed by atoms with Crippen LogP contribution < -0.4 is 15.5 Å². The van der Waals surface area contributed by atoms with Crippen LogP contribution >= 0.6 is 11.3 Å². The van der Waals surface area contributed by atoms with Crippen LogP contribution in [0.1, 0.15) is 59.4 Å². The lowest BCUT2D eigenvalue weighted by molar-refractivity contribution is -0.923. The van der Waals surface area contributed by atoms with Gasteiger partial charge in [0.1, 0.15) is 6.04 Å². The van der Waals surface area contributed by atoms with Crippen molar-refractivity contribution >= 4 is 28.8 Å². The van der Waals surface area contributed by atoms with Gasteiger partial charge in [-0.15, -0.1) is 11.3 Å². The predicted octanol–water partition coefficient (Wildman–Crippen LogP) is 2.56. The molecule has 0 bridgehead atoms. The molecule has 0 spiro atoms. The first-order valence-corrected chi connectivity index (χ1v) is 11.1. The van der Waals surface area contributed by atoms with Crippen LogP contribution in [0.25, 0.3) is 0 Å². The SMILES string of the molecule is C[C@@H]1c2ccsc2CC[NH+]1CC(=O)Nc1ccccc1C(=O)NC1CCCC1. The molecule has 28 heavy (non-hydrogen) atoms. The van der Waals surface area contributed by atoms with Crippen molar-refractivity contribution in [3.63, 3.8) is 0 Å². The average molecular weight is 399 g/mol. The normalized spacial score (nSPS) is 21.9. The molecular formula is C22H28N3O2S+. The third-order valence-electron chi connectivity index (χ3n) is 6.06. The topological polar surface area (TPSA) is 62.6 Å². The Balaban J connectivity index is 1.40. The molecule has 0 radical (unpaired) electrons. The van der Waals surface area contributed by atoms with E-state index in [1.54, 1.807) is 6.07 Å². The second kappa shape index (κ2) is 8.45. The quantitative estimate of drug-likeness (QED) is 0.725. The van der Waals surface area contributed by atoms with Gasteiger partial charge in [-0.3, -0.25) is 9.59 Å². The van der Waals surface area contributed by atoms with Crippen LogP contribution in [-0.4, -0.2) is 30.9 Å². The number of amides is 2. The van der Waals surface area contributed by atoms with E-state index in [1.165, 1.54) is 28.2 Å². The first kappa shape index (κ1) is 19.2. The molecule has 1 aromatic heterocycles. The Morgan fingerprint density at radius 3 is 2.79 bits per heavy atom. The van der Waals surface area contributed by atoms with Crippen LogP contribution in [0.15, 0.2) is 35.7 Å². The zero-order valence-electron chi connectivity index (χ0n) is 16.3. The van der Waals surface area contributed by atoms with E-state index in [0.717, 1.165) is 25.8 Å². The summed E-state index contributed by atoms with van der Waals surface area (Å²) in [6, 6.07) is 10.1. The standard InChI is InChI=1S/C22H27N3O2S/c1-15-17-11-13-28-20(17)10-12-25(15)14-21(26)24-19-9-5-4-8-18(19)22(27)23-16-6-2-3-7-16/h4-5,8-9,11,13,15-16H,2-3,6-7,10,12,14H2,1H3,(H,23,27)(H,24,26)/p+1/t15-/m1/s1. The van der Waals surface area contributed by atoms with E-state index in [-0.39, 0.29) is 17.9 Å². The van der Waals surface area contributed by atoms with E-state index < -0.39 is 0 Å². The molecule has 2 heterocycles. The highest BCUT2D eigenvalue weighted by atomic mass is 32.1. The number of hydrogen-bond acceptors (Lipinski definition) is 3. The van der Waals surface area contributed by atoms with Crippen molar-refractivity contribution in [1.29, 1.82) is 0 Å². The molecule has 148 valence electrons. The summed E-state index contributed by atoms with van der Waals surface area (Å²) in [6.45, 7) is 3.57. The van der Waals surface area contributed by atoms with Crippen LogP contribution in [0.5, 0.6) is 0 Å². The molecule has 6 heteroatoms. The fourth-order valence-corrected chi connectivity index (χ4v) is 5.40. The van der Waals surface area contributed by atoms with Crippen LogP contribution in [0.4, 0.5) is 5.69 Å². The fraction of sp³-hybridized carbons (Fsp3) is 0.455. The van der Waals surface area contributed by atoms with Gasteiger partial charge in [0.25, 0.3) is 11.8 Å². The number of anilines is 1. The number of rotatable bonds is 5. The second-order valence-electron chi connectivity index (χ2n) is 7.90. The zero-order valence-corrected chi connectivity index (χ0v) is 17.1. The molecule has 1 fully saturated rings. The number of thiophene rings is 1. The molecule has 1 aromatic carbocycles. The zero-order chi connectivity index (χ0) is 19.5. The van der Waals surface area contributed by atoms with Crippen molar-refractivity contribution in [1.82, 2.24) is 5.32 Å². The highest BCUT2D eigenvalue weighted by molar-refractivity contribution is 7.10. The molecular weight excluding hydrogens is 370 g/mol. The molecule has 5 nitrogen and oxygen atoms in total. The first-order valence-electron chi connectivity index (χ1n) is 10.2. The Kier molecular flexibility index (Phi) is 5.78. The number of carbonyl (C=O) groups is 2. The summed E-state index contributed by atoms with van der Waals surface area (Å²) < 4.78 is 0. The van der Waals surface area contributed by atoms with Gasteiger partial charge in [0, 0.05) is 22.9 Å². The van der Waals surface area contributed by atoms with Crippen LogP contribution in [0, 0.1) is 0 Å². The van der Waals surface area contributed by atoms with Gasteiger partial charge in [0.15, 0.2) is 6.54 Å². The molecule has 3 N–H and O–H groups in total. The smallest absolute Gasteiger partial charge is 0.279 e. The van der Waals surface area contributed by atoms with E-state index in [0.29, 0.717) is 23.8 Å². The molecule has 2 aliphatic rings. The number of benzene rings is 1. The number of quaternary nitrogens is 1. The summed E-state index contributed by atoms with van der Waals surface area (Å²) in [7, 11) is 0. The summed E-state index contributed by atoms with van der Waals surface area (Å²) >= 11 is 1.81. The van der Waals surface area contributed by atoms with Crippen molar-refractivity contribution in [2.45, 2.75) is 51.1 Å². The van der Waals surface area contributed by atoms with Gasteiger partial charge in [-0.25, -0.2) is 0 Å². The summed E-state index contributed by atoms with van der Waals surface area (Å²) in [6.07, 6.45) is 5.46. The van der Waals surface area contributed by atoms with E-state index in [2.05, 4.69) is 29.0 Å². The van der Waals surface area contributed by atoms with Gasteiger partial charge >= 0.3 is 0 Å². The van der Waals surface area contributed by atoms with E-state index in [4.69, 9.17) is 0 Å². The number of para-hydroxylation sites is 1. The van der Waals surface area contributed by atoms with E-state index >= 15 is 0 Å². The van der Waals surface area contributed by atoms with Crippen LogP contribution in [0.3, 0.4) is 0 Å². The van der Waals surface area contributed by atoms with Gasteiger partial charge in [-0.05, 0) is 43.3 Å². The van der Waals surface area contributed by atoms with Crippen molar-refractivity contribution in [2.75, 3.05) is 18.4 Å². The fourth-order valence-electron chi connectivity index (χ4n) is 4.42. The molecule has 2 aromatic rings. The molecule has 0 saturated heterocycles. The van der Waals surface area contributed by atoms with Gasteiger partial charge in [0.05, 0.1) is 17.8 Å². The van der Waals surface area contributed by atoms with Crippen molar-refractivity contribution < 1.29 is 14.5 Å². The molecule has 1 saturated carbocycles. The lowest BCUT2D eigenvalue weighted by Gasteiger charge is -2.30. The highest BCUT2D eigenvalue weighted by Crippen LogP contribution is 2.24. The summed E-state index contributed by atoms with van der Waals surface area (Å²) in [5.74, 6) is -0.133. The van der Waals surface area contributed by atoms with Gasteiger partial charge in [0.2, 0.25) is 0 Å². The summed E-state index contributed by atoms with van der Waals surface area (Å²) in [4.78, 5) is 28.1. The van der Waals surface area contributed by atoms with E-state index in [1.807, 2.05) is 29.5 Å². The minimum absolute atomic E-state index is 0.0401. The number of nitrogens with one attached hydrogen (secondary N) is 3. The molecule has 4 rings (SSSR count). The van der Waals surface area contributed by atoms with Crippen molar-refractivity contribution in [3.8, 4) is 0 Å². The minimum Gasteiger partial charge on any atom is -0.349 e. The van der Waals surface area contributed by atoms with Gasteiger partial charge < -0.3 is 15.5 Å². The van der Waals surface area contributed by atoms with Crippen molar-refractivity contribution in [3.05, 3.63) is 51.7 Å². The maximum atomic E-state index is 12.7. The maximum absolute atomic E-state index is 12.7. The number of carbonyl (C=O) groups excluding carboxylic acids is 2. The van der Waals surface area contributed by atoms with E-state index in [9.17, 15) is 9.59 Å². The van der Waals surface area contributed by atoms with Crippen LogP contribution in [-0.2, 0) is 11.2 Å². The second-order valence-corrected chi connectivity index (χ2v) is 8.91. The Bertz CT molecular complexity index is 857. The van der Waals surface area contributed by atoms with Gasteiger partial charge in [-0.2, -0.15) is 0 Å². The number of fused-ring (bicyclic) bond motifs is 1. The number of hydrogen-bond donors (Lipinski definition) is 3. The predicted molar refractivity (Wildman–Crippen MR) is 112 cm³/mol. The Hall–Kier alpha value is -2.18. The Morgan fingerprint density at radius 2 is 1.96 bits per heavy atom. The summed E-state index contributed by atoms with van der Waals surface area (Å²) in [5, 5.41) is 8.24. The third kappa shape index (κ3) is 4.13. The third-order valence-corrected chi connectivity index (χ3v) is 7.05.